The average Bonchev–Trinajstić information content (AvgIpc) is 2.84. The summed E-state index contributed by atoms with van der Waals surface area (Å²) >= 11 is 0. The molecule has 0 saturated carbocycles. The molecular weight excluding hydrogens is 222 g/mol. The van der Waals surface area contributed by atoms with E-state index in [1.165, 1.54) is 17.4 Å². The highest BCUT2D eigenvalue weighted by Gasteiger charge is 2.27. The first-order valence-electron chi connectivity index (χ1n) is 6.55. The van der Waals surface area contributed by atoms with Crippen LogP contribution in [0, 0.1) is 0 Å². The van der Waals surface area contributed by atoms with Gasteiger partial charge in [-0.15, -0.1) is 0 Å². The second kappa shape index (κ2) is 4.67. The highest BCUT2D eigenvalue weighted by Crippen LogP contribution is 2.18. The van der Waals surface area contributed by atoms with Gasteiger partial charge in [-0.25, -0.2) is 0 Å². The molecule has 2 aromatic rings. The van der Waals surface area contributed by atoms with Crippen LogP contribution in [0.2, 0.25) is 0 Å². The maximum Gasteiger partial charge on any atom is 0.0705 e. The second-order valence-corrected chi connectivity index (χ2v) is 5.33. The molecule has 18 heavy (non-hydrogen) atoms. The van der Waals surface area contributed by atoms with Crippen molar-refractivity contribution in [2.24, 2.45) is 0 Å². The molecule has 1 fully saturated rings. The summed E-state index contributed by atoms with van der Waals surface area (Å²) in [4.78, 5) is 4.40. The summed E-state index contributed by atoms with van der Waals surface area (Å²) in [6.45, 7) is 5.36. The second-order valence-electron chi connectivity index (χ2n) is 5.33. The maximum absolute atomic E-state index is 4.40. The number of pyridine rings is 1. The minimum atomic E-state index is 0.227. The predicted molar refractivity (Wildman–Crippen MR) is 74.5 cm³/mol. The van der Waals surface area contributed by atoms with E-state index in [9.17, 15) is 0 Å². The summed E-state index contributed by atoms with van der Waals surface area (Å²) in [5, 5.41) is 8.34. The van der Waals surface area contributed by atoms with E-state index in [1.54, 1.807) is 0 Å². The minimum Gasteiger partial charge on any atom is -0.315 e. The lowest BCUT2D eigenvalue weighted by molar-refractivity contribution is 0.386. The van der Waals surface area contributed by atoms with Crippen LogP contribution < -0.4 is 10.6 Å². The lowest BCUT2D eigenvalue weighted by Crippen LogP contribution is -2.43. The molecule has 2 heterocycles. The SMILES string of the molecule is CC1(NCc2ccnc3ccccc23)CCNC1. The van der Waals surface area contributed by atoms with Crippen molar-refractivity contribution in [2.45, 2.75) is 25.4 Å². The van der Waals surface area contributed by atoms with Crippen molar-refractivity contribution < 1.29 is 0 Å². The Kier molecular flexibility index (Phi) is 3.02. The molecule has 1 unspecified atom stereocenters. The van der Waals surface area contributed by atoms with Gasteiger partial charge in [-0.1, -0.05) is 18.2 Å². The van der Waals surface area contributed by atoms with Crippen LogP contribution in [-0.2, 0) is 6.54 Å². The van der Waals surface area contributed by atoms with Crippen LogP contribution in [0.25, 0.3) is 10.9 Å². The molecule has 3 rings (SSSR count). The van der Waals surface area contributed by atoms with Gasteiger partial charge >= 0.3 is 0 Å². The normalized spacial score (nSPS) is 23.6. The molecule has 1 aromatic carbocycles. The molecule has 0 amide bonds. The van der Waals surface area contributed by atoms with Crippen LogP contribution >= 0.6 is 0 Å². The maximum atomic E-state index is 4.40. The molecule has 1 saturated heterocycles. The minimum absolute atomic E-state index is 0.227. The summed E-state index contributed by atoms with van der Waals surface area (Å²) in [5.41, 5.74) is 2.63. The Morgan fingerprint density at radius 1 is 1.33 bits per heavy atom. The van der Waals surface area contributed by atoms with E-state index < -0.39 is 0 Å². The summed E-state index contributed by atoms with van der Waals surface area (Å²) in [5.74, 6) is 0. The van der Waals surface area contributed by atoms with E-state index in [0.717, 1.165) is 25.2 Å². The summed E-state index contributed by atoms with van der Waals surface area (Å²) in [7, 11) is 0. The number of benzene rings is 1. The molecule has 3 nitrogen and oxygen atoms in total. The Bertz CT molecular complexity index is 539. The van der Waals surface area contributed by atoms with Crippen LogP contribution in [0.15, 0.2) is 36.5 Å². The van der Waals surface area contributed by atoms with Crippen molar-refractivity contribution in [3.63, 3.8) is 0 Å². The van der Waals surface area contributed by atoms with E-state index in [-0.39, 0.29) is 5.54 Å². The molecule has 0 radical (unpaired) electrons. The monoisotopic (exact) mass is 241 g/mol. The van der Waals surface area contributed by atoms with E-state index in [1.807, 2.05) is 12.3 Å². The highest BCUT2D eigenvalue weighted by atomic mass is 15.1. The quantitative estimate of drug-likeness (QED) is 0.864. The molecule has 3 heteroatoms. The zero-order valence-corrected chi connectivity index (χ0v) is 10.7. The van der Waals surface area contributed by atoms with Crippen LogP contribution in [-0.4, -0.2) is 23.6 Å². The van der Waals surface area contributed by atoms with Crippen molar-refractivity contribution in [1.82, 2.24) is 15.6 Å². The van der Waals surface area contributed by atoms with Crippen LogP contribution in [0.1, 0.15) is 18.9 Å². The predicted octanol–water partition coefficient (Wildman–Crippen LogP) is 2.08. The largest absolute Gasteiger partial charge is 0.315 e. The van der Waals surface area contributed by atoms with Crippen molar-refractivity contribution >= 4 is 10.9 Å². The first-order valence-corrected chi connectivity index (χ1v) is 6.55. The Morgan fingerprint density at radius 2 is 2.22 bits per heavy atom. The fourth-order valence-corrected chi connectivity index (χ4v) is 2.59. The third-order valence-corrected chi connectivity index (χ3v) is 3.81. The number of nitrogens with one attached hydrogen (secondary N) is 2. The molecule has 1 aliphatic heterocycles. The third-order valence-electron chi connectivity index (χ3n) is 3.81. The van der Waals surface area contributed by atoms with Gasteiger partial charge in [0.1, 0.15) is 0 Å². The van der Waals surface area contributed by atoms with Gasteiger partial charge in [0, 0.05) is 30.2 Å². The molecule has 0 spiro atoms. The molecule has 2 N–H and O–H groups in total. The van der Waals surface area contributed by atoms with Crippen molar-refractivity contribution in [3.05, 3.63) is 42.1 Å². The number of fused-ring (bicyclic) bond motifs is 1. The number of aromatic nitrogens is 1. The zero-order chi connectivity index (χ0) is 12.4. The van der Waals surface area contributed by atoms with Gasteiger partial charge in [-0.2, -0.15) is 0 Å². The lowest BCUT2D eigenvalue weighted by Gasteiger charge is -2.24. The van der Waals surface area contributed by atoms with Gasteiger partial charge in [0.05, 0.1) is 5.52 Å². The molecule has 0 bridgehead atoms. The Hall–Kier alpha value is -1.45. The molecule has 1 aliphatic rings. The van der Waals surface area contributed by atoms with Gasteiger partial charge in [0.25, 0.3) is 0 Å². The summed E-state index contributed by atoms with van der Waals surface area (Å²) in [6, 6.07) is 10.4. The fraction of sp³-hybridized carbons (Fsp3) is 0.400. The van der Waals surface area contributed by atoms with Crippen molar-refractivity contribution in [1.29, 1.82) is 0 Å². The number of para-hydroxylation sites is 1. The van der Waals surface area contributed by atoms with E-state index in [2.05, 4.69) is 46.8 Å². The van der Waals surface area contributed by atoms with Gasteiger partial charge < -0.3 is 10.6 Å². The lowest BCUT2D eigenvalue weighted by atomic mass is 10.0. The number of hydrogen-bond donors (Lipinski definition) is 2. The average molecular weight is 241 g/mol. The van der Waals surface area contributed by atoms with Crippen LogP contribution in [0.4, 0.5) is 0 Å². The molecule has 1 atom stereocenters. The third kappa shape index (κ3) is 2.24. The molecule has 94 valence electrons. The first-order chi connectivity index (χ1) is 8.77. The van der Waals surface area contributed by atoms with Crippen LogP contribution in [0.5, 0.6) is 0 Å². The smallest absolute Gasteiger partial charge is 0.0705 e. The number of rotatable bonds is 3. The van der Waals surface area contributed by atoms with Gasteiger partial charge in [0.2, 0.25) is 0 Å². The van der Waals surface area contributed by atoms with Gasteiger partial charge in [-0.05, 0) is 37.6 Å². The van der Waals surface area contributed by atoms with E-state index >= 15 is 0 Å². The summed E-state index contributed by atoms with van der Waals surface area (Å²) < 4.78 is 0. The van der Waals surface area contributed by atoms with Crippen LogP contribution in [0.3, 0.4) is 0 Å². The topological polar surface area (TPSA) is 37.0 Å². The number of hydrogen-bond acceptors (Lipinski definition) is 3. The molecule has 0 aliphatic carbocycles. The van der Waals surface area contributed by atoms with E-state index in [0.29, 0.717) is 0 Å². The standard InChI is InChI=1S/C15H19N3/c1-15(7-9-16-11-15)18-10-12-6-8-17-14-5-3-2-4-13(12)14/h2-6,8,16,18H,7,9-11H2,1H3. The fourth-order valence-electron chi connectivity index (χ4n) is 2.59. The Balaban J connectivity index is 1.82. The Labute approximate surface area is 108 Å². The first kappa shape index (κ1) is 11.6. The highest BCUT2D eigenvalue weighted by molar-refractivity contribution is 5.81. The van der Waals surface area contributed by atoms with E-state index in [4.69, 9.17) is 0 Å². The Morgan fingerprint density at radius 3 is 3.06 bits per heavy atom. The molecule has 1 aromatic heterocycles. The number of nitrogens with zero attached hydrogens (tertiary/aromatic N) is 1. The van der Waals surface area contributed by atoms with Crippen molar-refractivity contribution in [2.75, 3.05) is 13.1 Å². The van der Waals surface area contributed by atoms with Gasteiger partial charge in [-0.3, -0.25) is 4.98 Å². The van der Waals surface area contributed by atoms with Gasteiger partial charge in [0.15, 0.2) is 0 Å². The zero-order valence-electron chi connectivity index (χ0n) is 10.7. The summed E-state index contributed by atoms with van der Waals surface area (Å²) in [6.07, 6.45) is 3.09. The van der Waals surface area contributed by atoms with Crippen molar-refractivity contribution in [3.8, 4) is 0 Å². The molecular formula is C15H19N3.